The fourth-order valence-electron chi connectivity index (χ4n) is 3.52. The molecule has 0 aromatic heterocycles. The van der Waals surface area contributed by atoms with Crippen molar-refractivity contribution in [2.45, 2.75) is 11.5 Å². The molecule has 1 aliphatic heterocycles. The molecule has 0 aliphatic carbocycles. The molecule has 0 unspecified atom stereocenters. The third-order valence-corrected chi connectivity index (χ3v) is 12.1. The first-order chi connectivity index (χ1) is 10.7. The van der Waals surface area contributed by atoms with E-state index in [1.165, 1.54) is 17.1 Å². The van der Waals surface area contributed by atoms with Gasteiger partial charge in [-0.1, -0.05) is 0 Å². The fraction of sp³-hybridized carbons (Fsp3) is 0.100. The number of hydrogen-bond donors (Lipinski definition) is 0. The molecule has 0 radical (unpaired) electrons. The number of rotatable bonds is 1. The topological polar surface area (TPSA) is 3.24 Å². The van der Waals surface area contributed by atoms with Crippen molar-refractivity contribution in [1.82, 2.24) is 0 Å². The molecule has 108 valence electrons. The molecule has 0 saturated heterocycles. The van der Waals surface area contributed by atoms with Crippen molar-refractivity contribution in [1.29, 1.82) is 0 Å². The van der Waals surface area contributed by atoms with Crippen LogP contribution in [-0.4, -0.2) is 13.3 Å². The van der Waals surface area contributed by atoms with Gasteiger partial charge in [-0.3, -0.25) is 0 Å². The SMILES string of the molecule is [CH3][Ge]1([CH3])[c]2ccccc2N(c2ccccc2)c2cccc[c]21. The van der Waals surface area contributed by atoms with E-state index in [0.29, 0.717) is 0 Å². The van der Waals surface area contributed by atoms with E-state index in [0.717, 1.165) is 0 Å². The van der Waals surface area contributed by atoms with E-state index in [9.17, 15) is 0 Å². The quantitative estimate of drug-likeness (QED) is 0.594. The molecule has 1 aliphatic rings. The molecule has 1 nitrogen and oxygen atoms in total. The second-order valence-electron chi connectivity index (χ2n) is 6.33. The van der Waals surface area contributed by atoms with Gasteiger partial charge < -0.3 is 0 Å². The molecule has 4 rings (SSSR count). The number of anilines is 3. The van der Waals surface area contributed by atoms with Crippen LogP contribution in [0.4, 0.5) is 17.1 Å². The maximum absolute atomic E-state index is 2.50. The monoisotopic (exact) mass is 347 g/mol. The zero-order valence-electron chi connectivity index (χ0n) is 13.0. The van der Waals surface area contributed by atoms with E-state index in [1.807, 2.05) is 0 Å². The van der Waals surface area contributed by atoms with Gasteiger partial charge in [0.1, 0.15) is 0 Å². The van der Waals surface area contributed by atoms with E-state index in [-0.39, 0.29) is 0 Å². The van der Waals surface area contributed by atoms with Gasteiger partial charge in [-0.2, -0.15) is 0 Å². The van der Waals surface area contributed by atoms with Crippen molar-refractivity contribution in [3.05, 3.63) is 78.9 Å². The molecule has 0 spiro atoms. The summed E-state index contributed by atoms with van der Waals surface area (Å²) in [4.78, 5) is 2.42. The Morgan fingerprint density at radius 2 is 1.05 bits per heavy atom. The first-order valence-electron chi connectivity index (χ1n) is 7.74. The molecule has 0 bridgehead atoms. The van der Waals surface area contributed by atoms with Crippen molar-refractivity contribution >= 4 is 39.1 Å². The van der Waals surface area contributed by atoms with Crippen LogP contribution in [0.15, 0.2) is 78.9 Å². The molecule has 0 amide bonds. The molecule has 22 heavy (non-hydrogen) atoms. The van der Waals surface area contributed by atoms with Crippen molar-refractivity contribution in [2.24, 2.45) is 0 Å². The Morgan fingerprint density at radius 1 is 0.591 bits per heavy atom. The van der Waals surface area contributed by atoms with Gasteiger partial charge in [0.2, 0.25) is 0 Å². The Hall–Kier alpha value is -2.00. The summed E-state index contributed by atoms with van der Waals surface area (Å²) in [7, 11) is 0. The van der Waals surface area contributed by atoms with Gasteiger partial charge in [-0.25, -0.2) is 0 Å². The Labute approximate surface area is 134 Å². The van der Waals surface area contributed by atoms with E-state index in [4.69, 9.17) is 0 Å². The summed E-state index contributed by atoms with van der Waals surface area (Å²) in [6.45, 7) is 0. The Morgan fingerprint density at radius 3 is 1.59 bits per heavy atom. The average molecular weight is 346 g/mol. The zero-order valence-corrected chi connectivity index (χ0v) is 15.1. The van der Waals surface area contributed by atoms with E-state index >= 15 is 0 Å². The maximum atomic E-state index is 2.50. The van der Waals surface area contributed by atoms with Gasteiger partial charge in [0, 0.05) is 0 Å². The van der Waals surface area contributed by atoms with E-state index < -0.39 is 13.3 Å². The fourth-order valence-corrected chi connectivity index (χ4v) is 9.79. The van der Waals surface area contributed by atoms with Gasteiger partial charge in [0.15, 0.2) is 0 Å². The second-order valence-corrected chi connectivity index (χ2v) is 15.4. The molecule has 0 fully saturated rings. The summed E-state index contributed by atoms with van der Waals surface area (Å²) >= 11 is -2.23. The van der Waals surface area contributed by atoms with Crippen LogP contribution in [0.5, 0.6) is 0 Å². The number of benzene rings is 3. The minimum absolute atomic E-state index is 1.24. The Bertz CT molecular complexity index is 774. The first kappa shape index (κ1) is 13.7. The standard InChI is InChI=1S/C20H19GeN/c1-21(2)17-12-6-8-14-19(17)22(16-10-4-3-5-11-16)20-15-9-7-13-18(20)21/h3-15H,1-2H3. The molecule has 1 heterocycles. The molecule has 0 saturated carbocycles. The van der Waals surface area contributed by atoms with Gasteiger partial charge in [0.25, 0.3) is 0 Å². The van der Waals surface area contributed by atoms with Crippen LogP contribution < -0.4 is 13.7 Å². The summed E-state index contributed by atoms with van der Waals surface area (Å²) in [6, 6.07) is 28.6. The van der Waals surface area contributed by atoms with Crippen LogP contribution in [0.25, 0.3) is 0 Å². The number of fused-ring (bicyclic) bond motifs is 2. The molecular formula is C20H19GeN. The molecular weight excluding hydrogens is 327 g/mol. The Kier molecular flexibility index (Phi) is 3.12. The summed E-state index contributed by atoms with van der Waals surface area (Å²) in [5.41, 5.74) is 3.95. The zero-order chi connectivity index (χ0) is 15.2. The first-order valence-corrected chi connectivity index (χ1v) is 14.0. The number of hydrogen-bond acceptors (Lipinski definition) is 1. The third kappa shape index (κ3) is 1.92. The molecule has 3 aromatic rings. The molecule has 0 atom stereocenters. The van der Waals surface area contributed by atoms with Gasteiger partial charge in [-0.05, 0) is 0 Å². The third-order valence-electron chi connectivity index (χ3n) is 4.65. The van der Waals surface area contributed by atoms with Crippen LogP contribution in [-0.2, 0) is 0 Å². The van der Waals surface area contributed by atoms with Crippen LogP contribution in [0.1, 0.15) is 0 Å². The summed E-state index contributed by atoms with van der Waals surface area (Å²) in [5.74, 6) is 5.00. The summed E-state index contributed by atoms with van der Waals surface area (Å²) < 4.78 is 3.12. The van der Waals surface area contributed by atoms with Crippen LogP contribution in [0.2, 0.25) is 11.5 Å². The predicted octanol–water partition coefficient (Wildman–Crippen LogP) is 4.29. The molecule has 3 aromatic carbocycles. The van der Waals surface area contributed by atoms with Crippen LogP contribution in [0, 0.1) is 0 Å². The second kappa shape index (κ2) is 5.03. The van der Waals surface area contributed by atoms with Crippen molar-refractivity contribution in [2.75, 3.05) is 4.90 Å². The van der Waals surface area contributed by atoms with Gasteiger partial charge in [0.05, 0.1) is 0 Å². The Balaban J connectivity index is 2.05. The van der Waals surface area contributed by atoms with Crippen molar-refractivity contribution in [3.8, 4) is 0 Å². The predicted molar refractivity (Wildman–Crippen MR) is 97.9 cm³/mol. The average Bonchev–Trinajstić information content (AvgIpc) is 2.56. The number of nitrogens with zero attached hydrogens (tertiary/aromatic N) is 1. The summed E-state index contributed by atoms with van der Waals surface area (Å²) in [6.07, 6.45) is 0. The van der Waals surface area contributed by atoms with Crippen LogP contribution in [0.3, 0.4) is 0 Å². The van der Waals surface area contributed by atoms with E-state index in [2.05, 4.69) is 95.3 Å². The van der Waals surface area contributed by atoms with Crippen molar-refractivity contribution < 1.29 is 0 Å². The number of para-hydroxylation sites is 3. The normalized spacial score (nSPS) is 15.1. The minimum atomic E-state index is -2.23. The van der Waals surface area contributed by atoms with E-state index in [1.54, 1.807) is 8.79 Å². The van der Waals surface area contributed by atoms with Crippen LogP contribution >= 0.6 is 0 Å². The summed E-state index contributed by atoms with van der Waals surface area (Å²) in [5, 5.41) is 0. The van der Waals surface area contributed by atoms with Gasteiger partial charge in [-0.15, -0.1) is 0 Å². The van der Waals surface area contributed by atoms with Gasteiger partial charge >= 0.3 is 134 Å². The molecule has 0 N–H and O–H groups in total. The molecule has 2 heteroatoms. The van der Waals surface area contributed by atoms with Crippen molar-refractivity contribution in [3.63, 3.8) is 0 Å².